The van der Waals surface area contributed by atoms with Gasteiger partial charge in [-0.2, -0.15) is 13.5 Å². The normalized spacial score (nSPS) is 10.7. The number of benzene rings is 2. The minimum atomic E-state index is -3.00. The molecule has 0 aliphatic rings. The van der Waals surface area contributed by atoms with Crippen LogP contribution < -0.4 is 14.8 Å². The van der Waals surface area contributed by atoms with Crippen LogP contribution in [0.25, 0.3) is 0 Å². The number of nitrogens with zero attached hydrogens (tertiary/aromatic N) is 4. The Hall–Kier alpha value is -4.09. The molecule has 0 saturated heterocycles. The van der Waals surface area contributed by atoms with Crippen molar-refractivity contribution in [2.24, 2.45) is 0 Å². The van der Waals surface area contributed by atoms with E-state index in [0.29, 0.717) is 11.3 Å². The number of ether oxygens (including phenoxy) is 2. The zero-order valence-corrected chi connectivity index (χ0v) is 15.5. The zero-order chi connectivity index (χ0) is 21.7. The Labute approximate surface area is 168 Å². The summed E-state index contributed by atoms with van der Waals surface area (Å²) in [5.74, 6) is -1.03. The molecule has 0 bridgehead atoms. The van der Waals surface area contributed by atoms with Crippen molar-refractivity contribution in [2.75, 3.05) is 12.4 Å². The Balaban J connectivity index is 1.66. The fourth-order valence-electron chi connectivity index (χ4n) is 2.54. The molecule has 156 valence electrons. The fourth-order valence-corrected chi connectivity index (χ4v) is 2.54. The second-order valence-electron chi connectivity index (χ2n) is 5.89. The number of nitrogens with one attached hydrogen (secondary N) is 1. The molecule has 1 heterocycles. The average molecular weight is 419 g/mol. The molecular formula is C18H15F2N5O5. The summed E-state index contributed by atoms with van der Waals surface area (Å²) in [4.78, 5) is 25.9. The maximum Gasteiger partial charge on any atom is 0.490 e. The van der Waals surface area contributed by atoms with Crippen molar-refractivity contribution in [1.82, 2.24) is 14.8 Å². The maximum absolute atomic E-state index is 12.4. The van der Waals surface area contributed by atoms with Gasteiger partial charge in [-0.05, 0) is 34.8 Å². The van der Waals surface area contributed by atoms with Gasteiger partial charge in [-0.15, -0.1) is 0 Å². The Morgan fingerprint density at radius 3 is 2.57 bits per heavy atom. The van der Waals surface area contributed by atoms with E-state index >= 15 is 0 Å². The lowest BCUT2D eigenvalue weighted by Gasteiger charge is -2.12. The summed E-state index contributed by atoms with van der Waals surface area (Å²) in [5, 5.41) is 17.0. The number of aromatic nitrogens is 3. The van der Waals surface area contributed by atoms with Gasteiger partial charge in [0.2, 0.25) is 6.33 Å². The molecule has 1 amide bonds. The van der Waals surface area contributed by atoms with E-state index in [4.69, 9.17) is 4.74 Å². The number of carbonyl (C=O) groups is 1. The van der Waals surface area contributed by atoms with Crippen LogP contribution in [-0.4, -0.2) is 39.3 Å². The lowest BCUT2D eigenvalue weighted by Crippen LogP contribution is -2.12. The van der Waals surface area contributed by atoms with E-state index in [1.165, 1.54) is 36.3 Å². The summed E-state index contributed by atoms with van der Waals surface area (Å²) in [5.41, 5.74) is 1.43. The van der Waals surface area contributed by atoms with E-state index in [1.807, 2.05) is 0 Å². The van der Waals surface area contributed by atoms with Crippen LogP contribution in [-0.2, 0) is 6.54 Å². The Morgan fingerprint density at radius 2 is 1.97 bits per heavy atom. The van der Waals surface area contributed by atoms with Crippen molar-refractivity contribution >= 4 is 17.5 Å². The van der Waals surface area contributed by atoms with Crippen molar-refractivity contribution in [1.29, 1.82) is 0 Å². The van der Waals surface area contributed by atoms with Crippen molar-refractivity contribution in [3.63, 3.8) is 0 Å². The Bertz CT molecular complexity index is 1060. The highest BCUT2D eigenvalue weighted by atomic mass is 19.3. The molecule has 3 rings (SSSR count). The first-order valence-corrected chi connectivity index (χ1v) is 8.42. The molecule has 3 aromatic rings. The number of amides is 1. The predicted molar refractivity (Wildman–Crippen MR) is 99.8 cm³/mol. The second kappa shape index (κ2) is 8.94. The molecule has 0 spiro atoms. The van der Waals surface area contributed by atoms with Gasteiger partial charge in [0, 0.05) is 22.4 Å². The number of hydrogen-bond acceptors (Lipinski definition) is 7. The molecule has 0 saturated carbocycles. The second-order valence-corrected chi connectivity index (χ2v) is 5.89. The Morgan fingerprint density at radius 1 is 1.23 bits per heavy atom. The number of methoxy groups -OCH3 is 1. The molecule has 30 heavy (non-hydrogen) atoms. The van der Waals surface area contributed by atoms with Crippen molar-refractivity contribution < 1.29 is 28.0 Å². The molecule has 12 heteroatoms. The topological polar surface area (TPSA) is 121 Å². The van der Waals surface area contributed by atoms with Gasteiger partial charge in [-0.3, -0.25) is 4.79 Å². The number of halogens is 2. The van der Waals surface area contributed by atoms with Gasteiger partial charge in [0.25, 0.3) is 5.91 Å². The average Bonchev–Trinajstić information content (AvgIpc) is 3.18. The molecule has 2 aromatic carbocycles. The largest absolute Gasteiger partial charge is 0.493 e. The lowest BCUT2D eigenvalue weighted by atomic mass is 10.1. The molecule has 0 radical (unpaired) electrons. The predicted octanol–water partition coefficient (Wildman–Crippen LogP) is 3.10. The quantitative estimate of drug-likeness (QED) is 0.440. The fraction of sp³-hybridized carbons (Fsp3) is 0.167. The van der Waals surface area contributed by atoms with Crippen LogP contribution in [0.3, 0.4) is 0 Å². The van der Waals surface area contributed by atoms with E-state index in [1.54, 1.807) is 24.3 Å². The Kier molecular flexibility index (Phi) is 6.15. The van der Waals surface area contributed by atoms with Crippen molar-refractivity contribution in [3.8, 4) is 11.5 Å². The highest BCUT2D eigenvalue weighted by molar-refractivity contribution is 6.04. The van der Waals surface area contributed by atoms with Gasteiger partial charge in [0.05, 0.1) is 13.7 Å². The highest BCUT2D eigenvalue weighted by Gasteiger charge is 2.15. The first-order valence-electron chi connectivity index (χ1n) is 8.42. The molecule has 1 aromatic heterocycles. The van der Waals surface area contributed by atoms with E-state index < -0.39 is 23.4 Å². The van der Waals surface area contributed by atoms with Crippen LogP contribution in [0, 0.1) is 10.1 Å². The number of alkyl halides is 2. The molecule has 0 aliphatic heterocycles. The summed E-state index contributed by atoms with van der Waals surface area (Å²) in [6.07, 6.45) is 1.24. The molecule has 0 aliphatic carbocycles. The minimum absolute atomic E-state index is 0.0466. The standard InChI is InChI=1S/C18H15F2N5O5/c1-29-15-8-13(6-7-14(15)30-17(19)20)22-16(26)12-4-2-11(3-5-12)9-24-10-21-18(23-24)25(27)28/h2-8,10,17H,9H2,1H3,(H,22,26). The summed E-state index contributed by atoms with van der Waals surface area (Å²) in [6, 6.07) is 10.5. The highest BCUT2D eigenvalue weighted by Crippen LogP contribution is 2.31. The molecule has 1 N–H and O–H groups in total. The number of carbonyl (C=O) groups excluding carboxylic acids is 1. The van der Waals surface area contributed by atoms with Crippen LogP contribution in [0.4, 0.5) is 20.4 Å². The summed E-state index contributed by atoms with van der Waals surface area (Å²) >= 11 is 0. The van der Waals surface area contributed by atoms with Crippen LogP contribution in [0.1, 0.15) is 15.9 Å². The van der Waals surface area contributed by atoms with E-state index in [9.17, 15) is 23.7 Å². The number of hydrogen-bond donors (Lipinski definition) is 1. The number of nitro groups is 1. The summed E-state index contributed by atoms with van der Waals surface area (Å²) in [6.45, 7) is -2.76. The van der Waals surface area contributed by atoms with Gasteiger partial charge < -0.3 is 24.9 Å². The van der Waals surface area contributed by atoms with Crippen molar-refractivity contribution in [3.05, 3.63) is 70.0 Å². The number of anilines is 1. The van der Waals surface area contributed by atoms with Crippen LogP contribution in [0.5, 0.6) is 11.5 Å². The zero-order valence-electron chi connectivity index (χ0n) is 15.5. The molecule has 0 atom stereocenters. The van der Waals surface area contributed by atoms with Crippen molar-refractivity contribution in [2.45, 2.75) is 13.2 Å². The maximum atomic E-state index is 12.4. The van der Waals surface area contributed by atoms with Crippen LogP contribution in [0.15, 0.2) is 48.8 Å². The number of rotatable bonds is 8. The third-order valence-electron chi connectivity index (χ3n) is 3.89. The van der Waals surface area contributed by atoms with Gasteiger partial charge in [0.1, 0.15) is 0 Å². The minimum Gasteiger partial charge on any atom is -0.493 e. The third kappa shape index (κ3) is 5.04. The van der Waals surface area contributed by atoms with E-state index in [2.05, 4.69) is 20.1 Å². The van der Waals surface area contributed by atoms with Gasteiger partial charge in [-0.1, -0.05) is 17.1 Å². The first-order chi connectivity index (χ1) is 14.4. The van der Waals surface area contributed by atoms with Crippen LogP contribution in [0.2, 0.25) is 0 Å². The molecule has 0 fully saturated rings. The third-order valence-corrected chi connectivity index (χ3v) is 3.89. The van der Waals surface area contributed by atoms with Crippen LogP contribution >= 0.6 is 0 Å². The monoisotopic (exact) mass is 419 g/mol. The lowest BCUT2D eigenvalue weighted by molar-refractivity contribution is -0.394. The SMILES string of the molecule is COc1cc(NC(=O)c2ccc(Cn3cnc([N+](=O)[O-])n3)cc2)ccc1OC(F)F. The van der Waals surface area contributed by atoms with Gasteiger partial charge in [-0.25, -0.2) is 0 Å². The summed E-state index contributed by atoms with van der Waals surface area (Å²) in [7, 11) is 1.29. The van der Waals surface area contributed by atoms with Gasteiger partial charge >= 0.3 is 12.6 Å². The first kappa shape index (κ1) is 20.6. The van der Waals surface area contributed by atoms with E-state index in [-0.39, 0.29) is 18.0 Å². The molecule has 10 nitrogen and oxygen atoms in total. The van der Waals surface area contributed by atoms with E-state index in [0.717, 1.165) is 5.56 Å². The smallest absolute Gasteiger partial charge is 0.490 e. The van der Waals surface area contributed by atoms with Gasteiger partial charge in [0.15, 0.2) is 11.5 Å². The molecular weight excluding hydrogens is 404 g/mol. The molecule has 0 unspecified atom stereocenters. The summed E-state index contributed by atoms with van der Waals surface area (Å²) < 4.78 is 35.4.